The predicted molar refractivity (Wildman–Crippen MR) is 57.8 cm³/mol. The molecule has 2 heteroatoms. The van der Waals surface area contributed by atoms with Gasteiger partial charge in [0.2, 0.25) is 0 Å². The first-order chi connectivity index (χ1) is 6.25. The molecule has 0 aliphatic carbocycles. The molecule has 0 heterocycles. The Balaban J connectivity index is 2.91. The number of hydrogen-bond donors (Lipinski definition) is 1. The Kier molecular flexibility index (Phi) is 3.67. The molecule has 0 saturated heterocycles. The Morgan fingerprint density at radius 1 is 1.46 bits per heavy atom. The van der Waals surface area contributed by atoms with E-state index in [4.69, 9.17) is 17.3 Å². The van der Waals surface area contributed by atoms with Crippen LogP contribution < -0.4 is 5.73 Å². The van der Waals surface area contributed by atoms with E-state index in [9.17, 15) is 0 Å². The molecule has 0 radical (unpaired) electrons. The van der Waals surface area contributed by atoms with Gasteiger partial charge in [0, 0.05) is 23.6 Å². The van der Waals surface area contributed by atoms with Crippen molar-refractivity contribution >= 4 is 17.3 Å². The molecule has 68 valence electrons. The van der Waals surface area contributed by atoms with E-state index in [-0.39, 0.29) is 0 Å². The zero-order valence-electron chi connectivity index (χ0n) is 7.60. The second-order valence-corrected chi connectivity index (χ2v) is 3.14. The minimum atomic E-state index is 0.578. The Hall–Kier alpha value is -1.13. The number of hydrogen-bond acceptors (Lipinski definition) is 1. The quantitative estimate of drug-likeness (QED) is 0.414. The minimum Gasteiger partial charge on any atom is -0.398 e. The number of alkyl halides is 1. The fourth-order valence-corrected chi connectivity index (χ4v) is 1.09. The van der Waals surface area contributed by atoms with E-state index in [1.54, 1.807) is 0 Å². The zero-order valence-corrected chi connectivity index (χ0v) is 8.36. The van der Waals surface area contributed by atoms with E-state index >= 15 is 0 Å². The van der Waals surface area contributed by atoms with Crippen LogP contribution in [0, 0.1) is 18.8 Å². The van der Waals surface area contributed by atoms with Gasteiger partial charge in [-0.05, 0) is 24.6 Å². The molecular formula is C11H12ClN. The molecule has 0 aromatic heterocycles. The molecule has 0 bridgehead atoms. The van der Waals surface area contributed by atoms with E-state index in [1.807, 2.05) is 25.1 Å². The van der Waals surface area contributed by atoms with Gasteiger partial charge in [0.15, 0.2) is 0 Å². The minimum absolute atomic E-state index is 0.578. The highest BCUT2D eigenvalue weighted by Gasteiger charge is 1.96. The topological polar surface area (TPSA) is 26.0 Å². The van der Waals surface area contributed by atoms with Crippen molar-refractivity contribution in [2.45, 2.75) is 13.3 Å². The van der Waals surface area contributed by atoms with Crippen molar-refractivity contribution in [1.82, 2.24) is 0 Å². The molecule has 0 fully saturated rings. The van der Waals surface area contributed by atoms with Gasteiger partial charge >= 0.3 is 0 Å². The van der Waals surface area contributed by atoms with E-state index in [0.717, 1.165) is 23.2 Å². The van der Waals surface area contributed by atoms with Crippen molar-refractivity contribution in [2.24, 2.45) is 0 Å². The highest BCUT2D eigenvalue weighted by atomic mass is 35.5. The Labute approximate surface area is 83.9 Å². The second kappa shape index (κ2) is 4.79. The van der Waals surface area contributed by atoms with Crippen LogP contribution >= 0.6 is 11.6 Å². The van der Waals surface area contributed by atoms with Gasteiger partial charge in [0.05, 0.1) is 0 Å². The van der Waals surface area contributed by atoms with Gasteiger partial charge in [0.1, 0.15) is 0 Å². The summed E-state index contributed by atoms with van der Waals surface area (Å²) in [5.74, 6) is 6.60. The number of anilines is 1. The molecule has 0 unspecified atom stereocenters. The molecule has 0 aliphatic heterocycles. The van der Waals surface area contributed by atoms with Gasteiger partial charge in [-0.3, -0.25) is 0 Å². The fraction of sp³-hybridized carbons (Fsp3) is 0.273. The number of benzene rings is 1. The SMILES string of the molecule is Cc1c(N)cccc1C#CCCCl. The van der Waals surface area contributed by atoms with Crippen LogP contribution in [0.4, 0.5) is 5.69 Å². The maximum absolute atomic E-state index is 5.73. The van der Waals surface area contributed by atoms with E-state index in [1.165, 1.54) is 0 Å². The Morgan fingerprint density at radius 3 is 2.92 bits per heavy atom. The van der Waals surface area contributed by atoms with Crippen molar-refractivity contribution in [3.63, 3.8) is 0 Å². The summed E-state index contributed by atoms with van der Waals surface area (Å²) in [5.41, 5.74) is 8.56. The molecule has 0 aliphatic rings. The number of halogens is 1. The van der Waals surface area contributed by atoms with Crippen LogP contribution in [0.5, 0.6) is 0 Å². The number of rotatable bonds is 1. The lowest BCUT2D eigenvalue weighted by atomic mass is 10.1. The Bertz CT molecular complexity index is 347. The highest BCUT2D eigenvalue weighted by Crippen LogP contribution is 2.13. The van der Waals surface area contributed by atoms with Crippen molar-refractivity contribution in [3.8, 4) is 11.8 Å². The highest BCUT2D eigenvalue weighted by molar-refractivity contribution is 6.18. The van der Waals surface area contributed by atoms with Crippen LogP contribution in [-0.4, -0.2) is 5.88 Å². The number of nitrogen functional groups attached to an aromatic ring is 1. The molecule has 1 aromatic rings. The van der Waals surface area contributed by atoms with E-state index in [2.05, 4.69) is 11.8 Å². The first-order valence-electron chi connectivity index (χ1n) is 4.15. The molecule has 0 saturated carbocycles. The first-order valence-corrected chi connectivity index (χ1v) is 4.69. The molecular weight excluding hydrogens is 182 g/mol. The van der Waals surface area contributed by atoms with E-state index < -0.39 is 0 Å². The van der Waals surface area contributed by atoms with Gasteiger partial charge in [0.25, 0.3) is 0 Å². The number of nitrogens with two attached hydrogens (primary N) is 1. The lowest BCUT2D eigenvalue weighted by Crippen LogP contribution is -1.91. The lowest BCUT2D eigenvalue weighted by molar-refractivity contribution is 1.29. The summed E-state index contributed by atoms with van der Waals surface area (Å²) in [7, 11) is 0. The first kappa shape index (κ1) is 9.95. The maximum Gasteiger partial charge on any atom is 0.0356 e. The lowest BCUT2D eigenvalue weighted by Gasteiger charge is -2.00. The van der Waals surface area contributed by atoms with E-state index in [0.29, 0.717) is 5.88 Å². The van der Waals surface area contributed by atoms with Crippen LogP contribution in [0.3, 0.4) is 0 Å². The van der Waals surface area contributed by atoms with Crippen LogP contribution in [-0.2, 0) is 0 Å². The second-order valence-electron chi connectivity index (χ2n) is 2.76. The van der Waals surface area contributed by atoms with Crippen LogP contribution in [0.2, 0.25) is 0 Å². The largest absolute Gasteiger partial charge is 0.398 e. The predicted octanol–water partition coefficient (Wildman–Crippen LogP) is 2.56. The summed E-state index contributed by atoms with van der Waals surface area (Å²) >= 11 is 5.51. The van der Waals surface area contributed by atoms with Gasteiger partial charge in [-0.15, -0.1) is 11.6 Å². The van der Waals surface area contributed by atoms with Crippen molar-refractivity contribution in [3.05, 3.63) is 29.3 Å². The Morgan fingerprint density at radius 2 is 2.23 bits per heavy atom. The molecule has 13 heavy (non-hydrogen) atoms. The normalized spacial score (nSPS) is 9.08. The summed E-state index contributed by atoms with van der Waals surface area (Å²) in [6.45, 7) is 1.97. The molecule has 1 rings (SSSR count). The standard InChI is InChI=1S/C11H12ClN/c1-9-10(5-2-3-8-12)6-4-7-11(9)13/h4,6-7H,3,8,13H2,1H3. The van der Waals surface area contributed by atoms with Crippen molar-refractivity contribution in [1.29, 1.82) is 0 Å². The van der Waals surface area contributed by atoms with Gasteiger partial charge < -0.3 is 5.73 Å². The summed E-state index contributed by atoms with van der Waals surface area (Å²) in [6.07, 6.45) is 0.718. The van der Waals surface area contributed by atoms with Crippen molar-refractivity contribution < 1.29 is 0 Å². The average molecular weight is 194 g/mol. The summed E-state index contributed by atoms with van der Waals surface area (Å²) in [5, 5.41) is 0. The summed E-state index contributed by atoms with van der Waals surface area (Å²) in [4.78, 5) is 0. The smallest absolute Gasteiger partial charge is 0.0356 e. The van der Waals surface area contributed by atoms with Crippen LogP contribution in [0.15, 0.2) is 18.2 Å². The van der Waals surface area contributed by atoms with Gasteiger partial charge in [-0.2, -0.15) is 0 Å². The zero-order chi connectivity index (χ0) is 9.68. The molecule has 1 aromatic carbocycles. The molecule has 2 N–H and O–H groups in total. The van der Waals surface area contributed by atoms with Crippen LogP contribution in [0.1, 0.15) is 17.5 Å². The average Bonchev–Trinajstić information content (AvgIpc) is 2.13. The van der Waals surface area contributed by atoms with Crippen molar-refractivity contribution in [2.75, 3.05) is 11.6 Å². The molecule has 0 spiro atoms. The molecule has 1 nitrogen and oxygen atoms in total. The maximum atomic E-state index is 5.73. The third-order valence-corrected chi connectivity index (χ3v) is 2.01. The van der Waals surface area contributed by atoms with Gasteiger partial charge in [-0.25, -0.2) is 0 Å². The summed E-state index contributed by atoms with van der Waals surface area (Å²) < 4.78 is 0. The third kappa shape index (κ3) is 2.68. The molecule has 0 amide bonds. The van der Waals surface area contributed by atoms with Gasteiger partial charge in [-0.1, -0.05) is 17.9 Å². The monoisotopic (exact) mass is 193 g/mol. The fourth-order valence-electron chi connectivity index (χ4n) is 0.994. The summed E-state index contributed by atoms with van der Waals surface area (Å²) in [6, 6.07) is 5.75. The molecule has 0 atom stereocenters. The third-order valence-electron chi connectivity index (χ3n) is 1.82. The van der Waals surface area contributed by atoms with Crippen LogP contribution in [0.25, 0.3) is 0 Å².